The number of hydrogen-bond acceptors (Lipinski definition) is 6. The minimum Gasteiger partial charge on any atom is -0.378 e. The third kappa shape index (κ3) is 6.13. The van der Waals surface area contributed by atoms with Crippen molar-refractivity contribution in [2.75, 3.05) is 38.0 Å². The summed E-state index contributed by atoms with van der Waals surface area (Å²) < 4.78 is 2.75. The molecule has 0 saturated heterocycles. The number of anilines is 2. The topological polar surface area (TPSA) is 6.48 Å². The number of benzene rings is 2. The van der Waals surface area contributed by atoms with Crippen LogP contribution in [0.15, 0.2) is 89.8 Å². The molecule has 0 aliphatic carbocycles. The Balaban J connectivity index is 1.31. The van der Waals surface area contributed by atoms with Crippen LogP contribution in [0.2, 0.25) is 0 Å². The summed E-state index contributed by atoms with van der Waals surface area (Å²) in [5, 5.41) is 4.50. The fourth-order valence-electron chi connectivity index (χ4n) is 2.98. The van der Waals surface area contributed by atoms with Gasteiger partial charge in [-0.25, -0.2) is 0 Å². The molecule has 0 amide bonds. The Morgan fingerprint density at radius 2 is 0.906 bits per heavy atom. The van der Waals surface area contributed by atoms with Crippen molar-refractivity contribution in [3.05, 3.63) is 101 Å². The molecule has 6 heteroatoms. The molecule has 2 aliphatic rings. The zero-order valence-electron chi connectivity index (χ0n) is 18.6. The van der Waals surface area contributed by atoms with Crippen LogP contribution < -0.4 is 9.80 Å². The molecule has 0 aromatic heterocycles. The largest absolute Gasteiger partial charge is 0.378 e. The van der Waals surface area contributed by atoms with Crippen LogP contribution in [0.5, 0.6) is 0 Å². The van der Waals surface area contributed by atoms with Gasteiger partial charge in [-0.05, 0) is 58.4 Å². The lowest BCUT2D eigenvalue weighted by Crippen LogP contribution is -2.07. The Bertz CT molecular complexity index is 1020. The van der Waals surface area contributed by atoms with Gasteiger partial charge in [0.2, 0.25) is 0 Å². The van der Waals surface area contributed by atoms with Gasteiger partial charge < -0.3 is 9.80 Å². The van der Waals surface area contributed by atoms with Gasteiger partial charge in [0.1, 0.15) is 0 Å². The minimum absolute atomic E-state index is 1.22. The highest BCUT2D eigenvalue weighted by atomic mass is 32.2. The second-order valence-corrected chi connectivity index (χ2v) is 12.1. The molecule has 0 saturated carbocycles. The van der Waals surface area contributed by atoms with E-state index in [9.17, 15) is 0 Å². The van der Waals surface area contributed by atoms with E-state index in [2.05, 4.69) is 122 Å². The molecule has 0 spiro atoms. The van der Waals surface area contributed by atoms with Gasteiger partial charge in [0.15, 0.2) is 0 Å². The molecule has 4 rings (SSSR count). The zero-order valence-corrected chi connectivity index (χ0v) is 21.9. The van der Waals surface area contributed by atoms with E-state index in [1.54, 1.807) is 0 Å². The normalized spacial score (nSPS) is 18.5. The summed E-state index contributed by atoms with van der Waals surface area (Å²) >= 11 is 7.38. The molecule has 2 nitrogen and oxygen atoms in total. The molecule has 2 aromatic carbocycles. The van der Waals surface area contributed by atoms with Gasteiger partial charge in [0.25, 0.3) is 0 Å². The van der Waals surface area contributed by atoms with E-state index in [4.69, 9.17) is 0 Å². The van der Waals surface area contributed by atoms with Gasteiger partial charge in [-0.1, -0.05) is 83.5 Å². The third-order valence-electron chi connectivity index (χ3n) is 4.85. The van der Waals surface area contributed by atoms with Gasteiger partial charge >= 0.3 is 0 Å². The summed E-state index contributed by atoms with van der Waals surface area (Å²) in [4.78, 5) is 6.82. The highest BCUT2D eigenvalue weighted by molar-refractivity contribution is 8.33. The molecule has 32 heavy (non-hydrogen) atoms. The quantitative estimate of drug-likeness (QED) is 0.395. The SMILES string of the molecule is CN(C)c1ccc(/C=C/C2=CS/C(=C3/SC=C(/C=C/c4ccc(N(C)C)cc4)S3)S2)cc1. The predicted molar refractivity (Wildman–Crippen MR) is 153 cm³/mol. The molecule has 0 bridgehead atoms. The molecular formula is C26H26N2S4. The first kappa shape index (κ1) is 23.3. The molecule has 0 unspecified atom stereocenters. The van der Waals surface area contributed by atoms with E-state index >= 15 is 0 Å². The number of hydrogen-bond donors (Lipinski definition) is 0. The van der Waals surface area contributed by atoms with Crippen molar-refractivity contribution >= 4 is 70.6 Å². The summed E-state index contributed by atoms with van der Waals surface area (Å²) in [5.41, 5.74) is 4.89. The first-order valence-corrected chi connectivity index (χ1v) is 13.6. The maximum absolute atomic E-state index is 2.25. The molecule has 164 valence electrons. The van der Waals surface area contributed by atoms with E-state index in [0.29, 0.717) is 0 Å². The van der Waals surface area contributed by atoms with Gasteiger partial charge in [-0.3, -0.25) is 0 Å². The Hall–Kier alpha value is -1.86. The van der Waals surface area contributed by atoms with Crippen molar-refractivity contribution in [1.29, 1.82) is 0 Å². The zero-order chi connectivity index (χ0) is 22.5. The first-order chi connectivity index (χ1) is 15.5. The van der Waals surface area contributed by atoms with Crippen molar-refractivity contribution in [2.45, 2.75) is 0 Å². The summed E-state index contributed by atoms with van der Waals surface area (Å²) in [5.74, 6) is 0. The minimum atomic E-state index is 1.22. The first-order valence-electron chi connectivity index (χ1n) is 10.2. The average Bonchev–Trinajstić information content (AvgIpc) is 3.46. The third-order valence-corrected chi connectivity index (χ3v) is 10.1. The van der Waals surface area contributed by atoms with Gasteiger partial charge in [0, 0.05) is 49.4 Å². The molecular weight excluding hydrogens is 469 g/mol. The molecule has 0 atom stereocenters. The van der Waals surface area contributed by atoms with Crippen molar-refractivity contribution in [2.24, 2.45) is 0 Å². The maximum atomic E-state index is 2.25. The highest BCUT2D eigenvalue weighted by Gasteiger charge is 2.20. The maximum Gasteiger partial charge on any atom is 0.0700 e. The molecule has 0 N–H and O–H groups in total. The lowest BCUT2D eigenvalue weighted by molar-refractivity contribution is 1.13. The van der Waals surface area contributed by atoms with Crippen LogP contribution in [-0.2, 0) is 0 Å². The van der Waals surface area contributed by atoms with E-state index in [-0.39, 0.29) is 0 Å². The average molecular weight is 495 g/mol. The van der Waals surface area contributed by atoms with Crippen LogP contribution in [0, 0.1) is 0 Å². The highest BCUT2D eigenvalue weighted by Crippen LogP contribution is 2.55. The predicted octanol–water partition coefficient (Wildman–Crippen LogP) is 8.31. The Morgan fingerprint density at radius 1 is 0.531 bits per heavy atom. The molecule has 2 aliphatic heterocycles. The molecule has 2 heterocycles. The van der Waals surface area contributed by atoms with Crippen LogP contribution in [0.25, 0.3) is 12.2 Å². The summed E-state index contributed by atoms with van der Waals surface area (Å²) in [6.45, 7) is 0. The fourth-order valence-corrected chi connectivity index (χ4v) is 7.65. The molecule has 0 fully saturated rings. The fraction of sp³-hybridized carbons (Fsp3) is 0.154. The summed E-state index contributed by atoms with van der Waals surface area (Å²) in [6.07, 6.45) is 8.81. The van der Waals surface area contributed by atoms with Crippen LogP contribution in [-0.4, -0.2) is 28.2 Å². The number of nitrogens with zero attached hydrogens (tertiary/aromatic N) is 2. The monoisotopic (exact) mass is 494 g/mol. The van der Waals surface area contributed by atoms with Crippen molar-refractivity contribution < 1.29 is 0 Å². The Labute approximate surface area is 208 Å². The van der Waals surface area contributed by atoms with E-state index in [1.165, 1.54) is 40.8 Å². The van der Waals surface area contributed by atoms with Gasteiger partial charge in [-0.15, -0.1) is 0 Å². The van der Waals surface area contributed by atoms with Crippen LogP contribution >= 0.6 is 47.0 Å². The van der Waals surface area contributed by atoms with Gasteiger partial charge in [0.05, 0.1) is 8.47 Å². The number of rotatable bonds is 6. The number of thioether (sulfide) groups is 4. The second-order valence-electron chi connectivity index (χ2n) is 7.69. The molecule has 2 aromatic rings. The van der Waals surface area contributed by atoms with Crippen molar-refractivity contribution in [3.63, 3.8) is 0 Å². The van der Waals surface area contributed by atoms with Crippen molar-refractivity contribution in [3.8, 4) is 0 Å². The lowest BCUT2D eigenvalue weighted by Gasteiger charge is -2.11. The van der Waals surface area contributed by atoms with E-state index in [1.807, 2.05) is 47.0 Å². The summed E-state index contributed by atoms with van der Waals surface area (Å²) in [7, 11) is 8.26. The smallest absolute Gasteiger partial charge is 0.0700 e. The van der Waals surface area contributed by atoms with E-state index < -0.39 is 0 Å². The van der Waals surface area contributed by atoms with Crippen LogP contribution in [0.3, 0.4) is 0 Å². The Kier molecular flexibility index (Phi) is 7.89. The van der Waals surface area contributed by atoms with Gasteiger partial charge in [-0.2, -0.15) is 0 Å². The summed E-state index contributed by atoms with van der Waals surface area (Å²) in [6, 6.07) is 17.3. The standard InChI is InChI=1S/C26H26N2S4/c1-27(2)21-11-5-19(6-12-21)9-15-23-17-29-25(31-23)26-30-18-24(32-26)16-10-20-7-13-22(14-8-20)28(3)4/h5-18H,1-4H3/b15-9+,16-10+,26-25+. The number of allylic oxidation sites excluding steroid dienone is 2. The lowest BCUT2D eigenvalue weighted by atomic mass is 10.2. The van der Waals surface area contributed by atoms with E-state index in [0.717, 1.165) is 0 Å². The van der Waals surface area contributed by atoms with Crippen LogP contribution in [0.1, 0.15) is 11.1 Å². The van der Waals surface area contributed by atoms with Crippen molar-refractivity contribution in [1.82, 2.24) is 0 Å². The van der Waals surface area contributed by atoms with Crippen LogP contribution in [0.4, 0.5) is 11.4 Å². The molecule has 0 radical (unpaired) electrons. The second kappa shape index (κ2) is 10.8. The Morgan fingerprint density at radius 3 is 1.25 bits per heavy atom.